The molecule has 1 aromatic heterocycles. The van der Waals surface area contributed by atoms with Crippen molar-refractivity contribution in [3.05, 3.63) is 64.6 Å². The second-order valence-electron chi connectivity index (χ2n) is 8.18. The number of hydrogen-bond donors (Lipinski definition) is 1. The average Bonchev–Trinajstić information content (AvgIpc) is 3.17. The van der Waals surface area contributed by atoms with Gasteiger partial charge in [-0.15, -0.1) is 0 Å². The van der Waals surface area contributed by atoms with E-state index in [9.17, 15) is 9.30 Å². The first-order valence-electron chi connectivity index (χ1n) is 11.0. The van der Waals surface area contributed by atoms with E-state index in [0.717, 1.165) is 33.3 Å². The molecule has 0 spiro atoms. The zero-order valence-corrected chi connectivity index (χ0v) is 21.2. The van der Waals surface area contributed by atoms with Crippen LogP contribution in [0.3, 0.4) is 0 Å². The SMILES string of the molecule is CCC(CCNc1cc(-c2ccc(Sc3ccccc3C(C)C)c([C](F)=[Fe])c2)nn1C)N=O. The van der Waals surface area contributed by atoms with Crippen molar-refractivity contribution < 1.29 is 20.0 Å². The Morgan fingerprint density at radius 1 is 1.21 bits per heavy atom. The standard InChI is InChI=1S/C25H29FN4OS.Fe/c1-5-20(29-31)12-13-27-25-15-22(28-30(25)4)18-10-11-23(19(14-18)16-26)32-24-9-7-6-8-21(24)17(2)3;/h6-11,14-15,17,20,27H,5,12-13H2,1-4H3;. The Morgan fingerprint density at radius 3 is 2.64 bits per heavy atom. The van der Waals surface area contributed by atoms with Crippen molar-refractivity contribution in [3.8, 4) is 11.3 Å². The molecule has 0 saturated heterocycles. The summed E-state index contributed by atoms with van der Waals surface area (Å²) in [6.45, 7) is 6.89. The summed E-state index contributed by atoms with van der Waals surface area (Å²) in [5, 5.41) is 11.0. The Labute approximate surface area is 206 Å². The Kier molecular flexibility index (Phi) is 9.01. The summed E-state index contributed by atoms with van der Waals surface area (Å²) in [6, 6.07) is 15.6. The number of nitrogens with zero attached hydrogens (tertiary/aromatic N) is 3. The van der Waals surface area contributed by atoms with E-state index in [1.54, 1.807) is 22.5 Å². The maximum atomic E-state index is 14.5. The fourth-order valence-corrected chi connectivity index (χ4v) is 5.08. The molecule has 2 aromatic carbocycles. The summed E-state index contributed by atoms with van der Waals surface area (Å²) in [5.74, 6) is 1.20. The number of anilines is 1. The molecule has 3 aromatic rings. The number of aryl methyl sites for hydroxylation is 1. The second kappa shape index (κ2) is 11.7. The van der Waals surface area contributed by atoms with Crippen LogP contribution >= 0.6 is 11.8 Å². The molecule has 3 rings (SSSR count). The van der Waals surface area contributed by atoms with Gasteiger partial charge in [0.15, 0.2) is 0 Å². The van der Waals surface area contributed by atoms with Gasteiger partial charge in [-0.2, -0.15) is 4.91 Å². The fraction of sp³-hybridized carbons (Fsp3) is 0.360. The molecule has 0 aliphatic carbocycles. The van der Waals surface area contributed by atoms with Gasteiger partial charge in [0.2, 0.25) is 0 Å². The van der Waals surface area contributed by atoms with Crippen LogP contribution in [0.2, 0.25) is 0 Å². The summed E-state index contributed by atoms with van der Waals surface area (Å²) < 4.78 is 15.7. The number of hydrogen-bond acceptors (Lipinski definition) is 5. The monoisotopic (exact) mass is 508 g/mol. The first-order valence-corrected chi connectivity index (χ1v) is 12.4. The number of nitrogens with one attached hydrogen (secondary N) is 1. The van der Waals surface area contributed by atoms with E-state index in [1.165, 1.54) is 5.56 Å². The molecule has 0 saturated carbocycles. The summed E-state index contributed by atoms with van der Waals surface area (Å²) in [5.41, 5.74) is 3.26. The van der Waals surface area contributed by atoms with Gasteiger partial charge in [0.25, 0.3) is 0 Å². The van der Waals surface area contributed by atoms with E-state index in [2.05, 4.69) is 57.1 Å². The minimum absolute atomic E-state index is 0.186. The summed E-state index contributed by atoms with van der Waals surface area (Å²) in [6.07, 6.45) is 1.39. The Morgan fingerprint density at radius 2 is 1.97 bits per heavy atom. The van der Waals surface area contributed by atoms with Crippen LogP contribution in [-0.2, 0) is 22.6 Å². The average molecular weight is 508 g/mol. The van der Waals surface area contributed by atoms with Gasteiger partial charge in [-0.3, -0.25) is 0 Å². The molecule has 0 amide bonds. The Bertz CT molecular complexity index is 1130. The van der Waals surface area contributed by atoms with E-state index in [4.69, 9.17) is 0 Å². The number of halogens is 1. The zero-order valence-electron chi connectivity index (χ0n) is 19.3. The van der Waals surface area contributed by atoms with Crippen LogP contribution in [0.4, 0.5) is 10.2 Å². The van der Waals surface area contributed by atoms with Gasteiger partial charge >= 0.3 is 195 Å². The topological polar surface area (TPSA) is 59.3 Å². The van der Waals surface area contributed by atoms with Gasteiger partial charge < -0.3 is 0 Å². The summed E-state index contributed by atoms with van der Waals surface area (Å²) >= 11 is 5.12. The third-order valence-corrected chi connectivity index (χ3v) is 6.98. The molecule has 33 heavy (non-hydrogen) atoms. The quantitative estimate of drug-likeness (QED) is 0.231. The molecule has 0 aliphatic rings. The molecule has 0 bridgehead atoms. The van der Waals surface area contributed by atoms with Crippen LogP contribution < -0.4 is 5.32 Å². The smallest absolute Gasteiger partial charge is 0.151 e. The van der Waals surface area contributed by atoms with Crippen molar-refractivity contribution in [2.24, 2.45) is 12.2 Å². The van der Waals surface area contributed by atoms with E-state index in [1.807, 2.05) is 44.3 Å². The fourth-order valence-electron chi connectivity index (χ4n) is 3.56. The first-order chi connectivity index (χ1) is 15.8. The van der Waals surface area contributed by atoms with E-state index in [0.29, 0.717) is 24.4 Å². The van der Waals surface area contributed by atoms with Crippen molar-refractivity contribution in [2.45, 2.75) is 55.4 Å². The van der Waals surface area contributed by atoms with Crippen LogP contribution in [0.25, 0.3) is 11.3 Å². The first kappa shape index (κ1) is 25.3. The Hall–Kier alpha value is -2.28. The van der Waals surface area contributed by atoms with Gasteiger partial charge in [0.1, 0.15) is 0 Å². The van der Waals surface area contributed by atoms with E-state index in [-0.39, 0.29) is 6.04 Å². The van der Waals surface area contributed by atoms with Crippen LogP contribution in [0.15, 0.2) is 63.5 Å². The Balaban J connectivity index is 1.84. The molecule has 0 aliphatic heterocycles. The zero-order chi connectivity index (χ0) is 24.0. The summed E-state index contributed by atoms with van der Waals surface area (Å²) in [4.78, 5) is 12.7. The van der Waals surface area contributed by atoms with Gasteiger partial charge in [-0.05, 0) is 0 Å². The number of rotatable bonds is 11. The van der Waals surface area contributed by atoms with Gasteiger partial charge in [0, 0.05) is 0 Å². The van der Waals surface area contributed by atoms with Crippen molar-refractivity contribution in [1.82, 2.24) is 9.78 Å². The predicted octanol–water partition coefficient (Wildman–Crippen LogP) is 6.70. The normalized spacial score (nSPS) is 12.1. The molecule has 0 fully saturated rings. The van der Waals surface area contributed by atoms with Crippen molar-refractivity contribution in [2.75, 3.05) is 11.9 Å². The second-order valence-corrected chi connectivity index (χ2v) is 9.75. The van der Waals surface area contributed by atoms with Crippen molar-refractivity contribution in [1.29, 1.82) is 0 Å². The maximum absolute atomic E-state index is 14.5. The minimum Gasteiger partial charge on any atom is -0.151 e. The number of benzene rings is 2. The molecular formula is C25H29FFeN4OS. The predicted molar refractivity (Wildman–Crippen MR) is 131 cm³/mol. The molecule has 0 radical (unpaired) electrons. The van der Waals surface area contributed by atoms with Crippen LogP contribution in [0.1, 0.15) is 50.7 Å². The molecule has 1 atom stereocenters. The molecule has 1 heterocycles. The molecular weight excluding hydrogens is 479 g/mol. The van der Waals surface area contributed by atoms with Crippen LogP contribution in [0, 0.1) is 4.91 Å². The number of aromatic nitrogens is 2. The van der Waals surface area contributed by atoms with Crippen LogP contribution in [0.5, 0.6) is 0 Å². The van der Waals surface area contributed by atoms with Gasteiger partial charge in [0.05, 0.1) is 0 Å². The number of nitroso groups, excluding NO2 is 1. The minimum atomic E-state index is -0.470. The van der Waals surface area contributed by atoms with Gasteiger partial charge in [-0.25, -0.2) is 0 Å². The molecule has 8 heteroatoms. The summed E-state index contributed by atoms with van der Waals surface area (Å²) in [7, 11) is 1.85. The third kappa shape index (κ3) is 6.40. The third-order valence-electron chi connectivity index (χ3n) is 5.52. The van der Waals surface area contributed by atoms with Crippen molar-refractivity contribution >= 4 is 22.3 Å². The van der Waals surface area contributed by atoms with Crippen molar-refractivity contribution in [3.63, 3.8) is 0 Å². The van der Waals surface area contributed by atoms with Crippen LogP contribution in [-0.4, -0.2) is 27.0 Å². The molecule has 176 valence electrons. The molecule has 1 unspecified atom stereocenters. The van der Waals surface area contributed by atoms with Gasteiger partial charge in [-0.1, -0.05) is 6.92 Å². The molecule has 1 N–H and O–H groups in total. The van der Waals surface area contributed by atoms with E-state index < -0.39 is 4.67 Å². The van der Waals surface area contributed by atoms with E-state index >= 15 is 0 Å². The molecule has 5 nitrogen and oxygen atoms in total.